The fourth-order valence-electron chi connectivity index (χ4n) is 0.749. The number of hydrogen-bond acceptors (Lipinski definition) is 4. The number of carbonyl (C=O) groups excluding carboxylic acids is 1. The Morgan fingerprint density at radius 3 is 2.38 bits per heavy atom. The predicted octanol–water partition coefficient (Wildman–Crippen LogP) is -1.50. The van der Waals surface area contributed by atoms with Crippen LogP contribution in [0.4, 0.5) is 4.79 Å². The summed E-state index contributed by atoms with van der Waals surface area (Å²) in [5.74, 6) is -1.32. The van der Waals surface area contributed by atoms with Crippen molar-refractivity contribution in [3.05, 3.63) is 0 Å². The van der Waals surface area contributed by atoms with E-state index in [1.807, 2.05) is 0 Å². The first-order chi connectivity index (χ1) is 7.38. The highest BCUT2D eigenvalue weighted by Gasteiger charge is 2.18. The lowest BCUT2D eigenvalue weighted by Gasteiger charge is -2.14. The van der Waals surface area contributed by atoms with Crippen molar-refractivity contribution in [3.8, 4) is 0 Å². The Bertz CT molecular complexity index is 284. The van der Waals surface area contributed by atoms with E-state index >= 15 is 0 Å². The molecule has 0 saturated carbocycles. The minimum atomic E-state index is -1.33. The summed E-state index contributed by atoms with van der Waals surface area (Å²) in [7, 11) is -1.06. The van der Waals surface area contributed by atoms with Crippen LogP contribution >= 0.6 is 0 Å². The highest BCUT2D eigenvalue weighted by atomic mass is 32.2. The standard InChI is InChI=1S/C8H16N2O5S/c1-5(16(2)15)3-9-8(14)10-6(4-11)7(12)13/h5-6,11H,3-4H2,1-2H3,(H,12,13)(H2,9,10,14). The molecule has 0 aromatic rings. The normalized spacial score (nSPS) is 15.9. The topological polar surface area (TPSA) is 116 Å². The summed E-state index contributed by atoms with van der Waals surface area (Å²) in [5.41, 5.74) is 0. The van der Waals surface area contributed by atoms with Crippen LogP contribution in [0.2, 0.25) is 0 Å². The summed E-state index contributed by atoms with van der Waals surface area (Å²) < 4.78 is 10.9. The molecule has 8 heteroatoms. The van der Waals surface area contributed by atoms with Crippen LogP contribution in [0, 0.1) is 0 Å². The van der Waals surface area contributed by atoms with Crippen molar-refractivity contribution >= 4 is 22.8 Å². The van der Waals surface area contributed by atoms with E-state index in [0.29, 0.717) is 0 Å². The lowest BCUT2D eigenvalue weighted by atomic mass is 10.3. The maximum absolute atomic E-state index is 11.1. The number of urea groups is 1. The lowest BCUT2D eigenvalue weighted by Crippen LogP contribution is -2.49. The smallest absolute Gasteiger partial charge is 0.328 e. The number of rotatable bonds is 6. The molecule has 0 heterocycles. The van der Waals surface area contributed by atoms with Gasteiger partial charge in [-0.15, -0.1) is 0 Å². The molecule has 0 rings (SSSR count). The maximum atomic E-state index is 11.1. The third-order valence-corrected chi connectivity index (χ3v) is 3.20. The zero-order valence-electron chi connectivity index (χ0n) is 9.10. The van der Waals surface area contributed by atoms with Gasteiger partial charge >= 0.3 is 12.0 Å². The van der Waals surface area contributed by atoms with Crippen molar-refractivity contribution < 1.29 is 24.0 Å². The quantitative estimate of drug-likeness (QED) is 0.459. The second-order valence-electron chi connectivity index (χ2n) is 3.24. The van der Waals surface area contributed by atoms with Gasteiger partial charge in [0.25, 0.3) is 0 Å². The van der Waals surface area contributed by atoms with Gasteiger partial charge in [0.2, 0.25) is 0 Å². The number of hydrogen-bond donors (Lipinski definition) is 4. The van der Waals surface area contributed by atoms with Crippen LogP contribution in [-0.4, -0.2) is 57.1 Å². The summed E-state index contributed by atoms with van der Waals surface area (Å²) in [6.07, 6.45) is 1.51. The predicted molar refractivity (Wildman–Crippen MR) is 58.6 cm³/mol. The molecule has 3 atom stereocenters. The molecule has 0 radical (unpaired) electrons. The number of aliphatic carboxylic acids is 1. The molecule has 0 fully saturated rings. The van der Waals surface area contributed by atoms with E-state index in [2.05, 4.69) is 10.6 Å². The zero-order valence-corrected chi connectivity index (χ0v) is 9.91. The van der Waals surface area contributed by atoms with Crippen molar-refractivity contribution in [2.45, 2.75) is 18.2 Å². The molecule has 0 aliphatic heterocycles. The van der Waals surface area contributed by atoms with Crippen molar-refractivity contribution in [1.82, 2.24) is 10.6 Å². The second kappa shape index (κ2) is 7.18. The van der Waals surface area contributed by atoms with Gasteiger partial charge in [-0.05, 0) is 6.92 Å². The monoisotopic (exact) mass is 252 g/mol. The van der Waals surface area contributed by atoms with Crippen LogP contribution in [0.25, 0.3) is 0 Å². The second-order valence-corrected chi connectivity index (χ2v) is 5.04. The lowest BCUT2D eigenvalue weighted by molar-refractivity contribution is -0.140. The third kappa shape index (κ3) is 5.66. The number of aliphatic hydroxyl groups is 1. The van der Waals surface area contributed by atoms with Gasteiger partial charge in [-0.3, -0.25) is 4.21 Å². The van der Waals surface area contributed by atoms with Crippen molar-refractivity contribution in [3.63, 3.8) is 0 Å². The first kappa shape index (κ1) is 14.8. The molecule has 2 amide bonds. The van der Waals surface area contributed by atoms with Crippen LogP contribution in [0.3, 0.4) is 0 Å². The van der Waals surface area contributed by atoms with Gasteiger partial charge < -0.3 is 20.8 Å². The van der Waals surface area contributed by atoms with Gasteiger partial charge in [-0.25, -0.2) is 9.59 Å². The zero-order chi connectivity index (χ0) is 12.7. The Balaban J connectivity index is 3.99. The van der Waals surface area contributed by atoms with E-state index in [9.17, 15) is 13.8 Å². The summed E-state index contributed by atoms with van der Waals surface area (Å²) in [6.45, 7) is 1.18. The van der Waals surface area contributed by atoms with E-state index in [-0.39, 0.29) is 11.8 Å². The molecule has 3 unspecified atom stereocenters. The molecule has 4 N–H and O–H groups in total. The van der Waals surface area contributed by atoms with E-state index < -0.39 is 35.4 Å². The first-order valence-corrected chi connectivity index (χ1v) is 6.20. The van der Waals surface area contributed by atoms with Gasteiger partial charge in [0.15, 0.2) is 6.04 Å². The average Bonchev–Trinajstić information content (AvgIpc) is 2.21. The van der Waals surface area contributed by atoms with E-state index in [1.54, 1.807) is 6.92 Å². The summed E-state index contributed by atoms with van der Waals surface area (Å²) in [5, 5.41) is 21.4. The average molecular weight is 252 g/mol. The molecule has 0 saturated heterocycles. The molecule has 0 bridgehead atoms. The molecule has 0 aromatic carbocycles. The minimum Gasteiger partial charge on any atom is -0.480 e. The Hall–Kier alpha value is -1.15. The number of aliphatic hydroxyl groups excluding tert-OH is 1. The molecular weight excluding hydrogens is 236 g/mol. The van der Waals surface area contributed by atoms with Crippen molar-refractivity contribution in [2.24, 2.45) is 0 Å². The Kier molecular flexibility index (Phi) is 6.66. The van der Waals surface area contributed by atoms with Crippen LogP contribution < -0.4 is 10.6 Å². The molecule has 16 heavy (non-hydrogen) atoms. The SMILES string of the molecule is CC(CNC(=O)NC(CO)C(=O)O)S(C)=O. The highest BCUT2D eigenvalue weighted by molar-refractivity contribution is 7.84. The highest BCUT2D eigenvalue weighted by Crippen LogP contribution is 1.89. The fraction of sp³-hybridized carbons (Fsp3) is 0.750. The number of carboxylic acids is 1. The Morgan fingerprint density at radius 2 is 2.00 bits per heavy atom. The Morgan fingerprint density at radius 1 is 1.44 bits per heavy atom. The number of nitrogens with one attached hydrogen (secondary N) is 2. The molecule has 94 valence electrons. The van der Waals surface area contributed by atoms with Gasteiger partial charge in [0.1, 0.15) is 0 Å². The van der Waals surface area contributed by atoms with Gasteiger partial charge in [-0.1, -0.05) is 0 Å². The minimum absolute atomic E-state index is 0.173. The number of carbonyl (C=O) groups is 2. The summed E-state index contributed by atoms with van der Waals surface area (Å²) in [6, 6.07) is -2.04. The summed E-state index contributed by atoms with van der Waals surface area (Å²) in [4.78, 5) is 21.6. The molecule has 0 aliphatic carbocycles. The van der Waals surface area contributed by atoms with E-state index in [4.69, 9.17) is 10.2 Å². The van der Waals surface area contributed by atoms with Crippen LogP contribution in [0.1, 0.15) is 6.92 Å². The molecular formula is C8H16N2O5S. The van der Waals surface area contributed by atoms with E-state index in [1.165, 1.54) is 6.26 Å². The molecule has 0 aliphatic rings. The molecule has 7 nitrogen and oxygen atoms in total. The first-order valence-electron chi connectivity index (χ1n) is 4.58. The third-order valence-electron chi connectivity index (χ3n) is 1.90. The van der Waals surface area contributed by atoms with Crippen LogP contribution in [0.5, 0.6) is 0 Å². The number of amides is 2. The maximum Gasteiger partial charge on any atom is 0.328 e. The van der Waals surface area contributed by atoms with Crippen molar-refractivity contribution in [1.29, 1.82) is 0 Å². The fourth-order valence-corrected chi connectivity index (χ4v) is 1.07. The summed E-state index contributed by atoms with van der Waals surface area (Å²) >= 11 is 0. The van der Waals surface area contributed by atoms with Crippen LogP contribution in [-0.2, 0) is 15.6 Å². The van der Waals surface area contributed by atoms with Gasteiger partial charge in [0.05, 0.1) is 6.61 Å². The molecule has 0 aromatic heterocycles. The number of carboxylic acid groups (broad SMARTS) is 1. The van der Waals surface area contributed by atoms with Gasteiger partial charge in [0, 0.05) is 28.9 Å². The Labute approximate surface area is 95.7 Å². The van der Waals surface area contributed by atoms with Crippen molar-refractivity contribution in [2.75, 3.05) is 19.4 Å². The van der Waals surface area contributed by atoms with Gasteiger partial charge in [-0.2, -0.15) is 0 Å². The molecule has 0 spiro atoms. The van der Waals surface area contributed by atoms with E-state index in [0.717, 1.165) is 0 Å². The largest absolute Gasteiger partial charge is 0.480 e. The van der Waals surface area contributed by atoms with Crippen LogP contribution in [0.15, 0.2) is 0 Å².